The molecule has 1 atom stereocenters. The lowest BCUT2D eigenvalue weighted by Crippen LogP contribution is -2.09. The first-order valence-electron chi connectivity index (χ1n) is 9.87. The molecule has 0 saturated carbocycles. The van der Waals surface area contributed by atoms with Crippen molar-refractivity contribution in [1.82, 2.24) is 4.98 Å². The monoisotopic (exact) mass is 415 g/mol. The zero-order valence-corrected chi connectivity index (χ0v) is 17.2. The lowest BCUT2D eigenvalue weighted by Gasteiger charge is -2.17. The highest BCUT2D eigenvalue weighted by atomic mass is 19.1. The Morgan fingerprint density at radius 3 is 2.45 bits per heavy atom. The number of pyridine rings is 1. The summed E-state index contributed by atoms with van der Waals surface area (Å²) < 4.78 is 19.5. The second kappa shape index (κ2) is 8.58. The number of benzene rings is 3. The number of aryl methyl sites for hydroxylation is 2. The van der Waals surface area contributed by atoms with Gasteiger partial charge in [0, 0.05) is 23.3 Å². The van der Waals surface area contributed by atoms with Gasteiger partial charge >= 0.3 is 0 Å². The zero-order valence-electron chi connectivity index (χ0n) is 17.2. The summed E-state index contributed by atoms with van der Waals surface area (Å²) in [5.41, 5.74) is 3.70. The highest BCUT2D eigenvalue weighted by Crippen LogP contribution is 2.30. The van der Waals surface area contributed by atoms with Gasteiger partial charge in [0.1, 0.15) is 5.75 Å². The van der Waals surface area contributed by atoms with Crippen LogP contribution in [0.15, 0.2) is 67.0 Å². The maximum absolute atomic E-state index is 14.0. The van der Waals surface area contributed by atoms with Crippen molar-refractivity contribution in [2.45, 2.75) is 20.1 Å². The van der Waals surface area contributed by atoms with Crippen LogP contribution in [0.2, 0.25) is 0 Å². The first-order valence-corrected chi connectivity index (χ1v) is 9.87. The van der Waals surface area contributed by atoms with Gasteiger partial charge in [0.25, 0.3) is 0 Å². The van der Waals surface area contributed by atoms with Crippen LogP contribution in [0.4, 0.5) is 4.39 Å². The molecule has 0 radical (unpaired) electrons. The van der Waals surface area contributed by atoms with E-state index in [-0.39, 0.29) is 11.5 Å². The summed E-state index contributed by atoms with van der Waals surface area (Å²) in [7, 11) is 0. The number of nitrogens with zero attached hydrogens (tertiary/aromatic N) is 1. The van der Waals surface area contributed by atoms with Gasteiger partial charge in [-0.3, -0.25) is 4.98 Å². The molecule has 0 aliphatic heterocycles. The average molecular weight is 415 g/mol. The number of ether oxygens (including phenoxy) is 1. The highest BCUT2D eigenvalue weighted by molar-refractivity contribution is 5.87. The van der Waals surface area contributed by atoms with E-state index in [1.807, 2.05) is 56.3 Å². The van der Waals surface area contributed by atoms with Gasteiger partial charge in [-0.1, -0.05) is 24.3 Å². The Kier molecular flexibility index (Phi) is 5.69. The highest BCUT2D eigenvalue weighted by Gasteiger charge is 2.16. The predicted octanol–water partition coefficient (Wildman–Crippen LogP) is 5.94. The Morgan fingerprint density at radius 1 is 0.968 bits per heavy atom. The van der Waals surface area contributed by atoms with Gasteiger partial charge in [0.15, 0.2) is 11.6 Å². The van der Waals surface area contributed by atoms with Crippen molar-refractivity contribution < 1.29 is 19.3 Å². The maximum Gasteiger partial charge on any atom is 0.225 e. The summed E-state index contributed by atoms with van der Waals surface area (Å²) in [4.78, 5) is 4.16. The van der Waals surface area contributed by atoms with Crippen LogP contribution < -0.4 is 4.74 Å². The van der Waals surface area contributed by atoms with E-state index in [2.05, 4.69) is 4.98 Å². The third-order valence-electron chi connectivity index (χ3n) is 5.15. The number of phenolic OH excluding ortho intramolecular Hbond substituents is 1. The number of fused-ring (bicyclic) bond motifs is 1. The van der Waals surface area contributed by atoms with Crippen LogP contribution in [-0.4, -0.2) is 15.2 Å². The van der Waals surface area contributed by atoms with Crippen molar-refractivity contribution in [3.63, 3.8) is 0 Å². The molecule has 156 valence electrons. The van der Waals surface area contributed by atoms with E-state index in [1.54, 1.807) is 24.5 Å². The van der Waals surface area contributed by atoms with Crippen molar-refractivity contribution in [1.29, 1.82) is 0 Å². The Bertz CT molecular complexity index is 1260. The topological polar surface area (TPSA) is 62.6 Å². The van der Waals surface area contributed by atoms with Gasteiger partial charge in [-0.05, 0) is 84.0 Å². The fourth-order valence-electron chi connectivity index (χ4n) is 3.53. The average Bonchev–Trinajstić information content (AvgIpc) is 2.76. The molecule has 2 N–H and O–H groups in total. The van der Waals surface area contributed by atoms with Crippen molar-refractivity contribution >= 4 is 22.9 Å². The van der Waals surface area contributed by atoms with E-state index >= 15 is 0 Å². The van der Waals surface area contributed by atoms with Crippen LogP contribution in [0.3, 0.4) is 0 Å². The molecule has 1 heterocycles. The molecule has 4 aromatic rings. The predicted molar refractivity (Wildman–Crippen MR) is 120 cm³/mol. The number of aliphatic hydroxyl groups is 1. The van der Waals surface area contributed by atoms with Crippen LogP contribution in [0, 0.1) is 19.7 Å². The van der Waals surface area contributed by atoms with E-state index in [0.29, 0.717) is 11.1 Å². The number of hydrogen-bond acceptors (Lipinski definition) is 4. The zero-order chi connectivity index (χ0) is 22.0. The molecule has 0 amide bonds. The number of halogens is 1. The summed E-state index contributed by atoms with van der Waals surface area (Å²) in [6.07, 6.45) is 5.82. The molecule has 0 spiro atoms. The van der Waals surface area contributed by atoms with Crippen LogP contribution in [0.25, 0.3) is 22.9 Å². The number of phenols is 1. The molecular formula is C26H22FNO3. The number of aromatic hydroxyl groups is 1. The Balaban J connectivity index is 1.75. The molecule has 5 heteroatoms. The number of aromatic nitrogens is 1. The number of rotatable bonds is 5. The molecular weight excluding hydrogens is 393 g/mol. The number of para-hydroxylation sites is 1. The Morgan fingerprint density at radius 2 is 1.71 bits per heavy atom. The van der Waals surface area contributed by atoms with Crippen molar-refractivity contribution in [2.24, 2.45) is 0 Å². The fourth-order valence-corrected chi connectivity index (χ4v) is 3.53. The molecule has 3 aromatic carbocycles. The smallest absolute Gasteiger partial charge is 0.225 e. The SMILES string of the molecule is Cc1cc(C=Cc2cc3cnccc3cc2C(O)Oc2ccccc2F)cc(C)c1O. The van der Waals surface area contributed by atoms with Crippen molar-refractivity contribution in [3.8, 4) is 11.5 Å². The third-order valence-corrected chi connectivity index (χ3v) is 5.15. The van der Waals surface area contributed by atoms with Crippen LogP contribution in [-0.2, 0) is 0 Å². The van der Waals surface area contributed by atoms with Gasteiger partial charge in [-0.25, -0.2) is 4.39 Å². The quantitative estimate of drug-likeness (QED) is 0.313. The molecule has 0 aliphatic carbocycles. The van der Waals surface area contributed by atoms with Gasteiger partial charge < -0.3 is 14.9 Å². The normalized spacial score (nSPS) is 12.4. The first-order chi connectivity index (χ1) is 14.9. The van der Waals surface area contributed by atoms with Gasteiger partial charge in [-0.2, -0.15) is 0 Å². The molecule has 0 aliphatic rings. The largest absolute Gasteiger partial charge is 0.507 e. The number of hydrogen-bond donors (Lipinski definition) is 2. The van der Waals surface area contributed by atoms with E-state index in [0.717, 1.165) is 27.5 Å². The lowest BCUT2D eigenvalue weighted by atomic mass is 9.99. The van der Waals surface area contributed by atoms with E-state index < -0.39 is 12.1 Å². The maximum atomic E-state index is 14.0. The minimum atomic E-state index is -1.36. The minimum absolute atomic E-state index is 0.0236. The molecule has 1 unspecified atom stereocenters. The van der Waals surface area contributed by atoms with E-state index in [9.17, 15) is 14.6 Å². The van der Waals surface area contributed by atoms with Crippen LogP contribution in [0.1, 0.15) is 34.1 Å². The molecule has 31 heavy (non-hydrogen) atoms. The third kappa shape index (κ3) is 4.42. The van der Waals surface area contributed by atoms with Gasteiger partial charge in [-0.15, -0.1) is 0 Å². The molecule has 1 aromatic heterocycles. The van der Waals surface area contributed by atoms with Crippen LogP contribution in [0.5, 0.6) is 11.5 Å². The molecule has 0 fully saturated rings. The summed E-state index contributed by atoms with van der Waals surface area (Å²) in [6.45, 7) is 3.69. The lowest BCUT2D eigenvalue weighted by molar-refractivity contribution is -0.0220. The standard InChI is InChI=1S/C26H22FNO3/c1-16-11-18(12-17(2)25(16)29)7-8-20-13-21-15-28-10-9-19(21)14-22(20)26(30)31-24-6-4-3-5-23(24)27/h3-15,26,29-30H,1-2H3. The Hall–Kier alpha value is -3.70. The van der Waals surface area contributed by atoms with Crippen molar-refractivity contribution in [2.75, 3.05) is 0 Å². The Labute approximate surface area is 179 Å². The molecule has 4 rings (SSSR count). The van der Waals surface area contributed by atoms with Crippen LogP contribution >= 0.6 is 0 Å². The second-order valence-electron chi connectivity index (χ2n) is 7.44. The first kappa shape index (κ1) is 20.6. The summed E-state index contributed by atoms with van der Waals surface area (Å²) in [5, 5.41) is 22.6. The van der Waals surface area contributed by atoms with Gasteiger partial charge in [0.2, 0.25) is 6.29 Å². The van der Waals surface area contributed by atoms with Crippen molar-refractivity contribution in [3.05, 3.63) is 101 Å². The molecule has 4 nitrogen and oxygen atoms in total. The molecule has 0 saturated heterocycles. The summed E-state index contributed by atoms with van der Waals surface area (Å²) in [6, 6.07) is 15.3. The van der Waals surface area contributed by atoms with E-state index in [1.165, 1.54) is 12.1 Å². The summed E-state index contributed by atoms with van der Waals surface area (Å²) >= 11 is 0. The minimum Gasteiger partial charge on any atom is -0.507 e. The van der Waals surface area contributed by atoms with E-state index in [4.69, 9.17) is 4.74 Å². The van der Waals surface area contributed by atoms with Gasteiger partial charge in [0.05, 0.1) is 0 Å². The molecule has 0 bridgehead atoms. The fraction of sp³-hybridized carbons (Fsp3) is 0.115. The second-order valence-corrected chi connectivity index (χ2v) is 7.44. The number of aliphatic hydroxyl groups excluding tert-OH is 1. The summed E-state index contributed by atoms with van der Waals surface area (Å²) in [5.74, 6) is -0.286.